The quantitative estimate of drug-likeness (QED) is 0.699. The van der Waals surface area contributed by atoms with Gasteiger partial charge in [-0.2, -0.15) is 8.87 Å². The van der Waals surface area contributed by atoms with E-state index in [1.165, 1.54) is 22.0 Å². The van der Waals surface area contributed by atoms with Gasteiger partial charge in [-0.25, -0.2) is 8.42 Å². The van der Waals surface area contributed by atoms with Gasteiger partial charge in [-0.1, -0.05) is 13.3 Å². The average molecular weight is 419 g/mol. The van der Waals surface area contributed by atoms with Crippen LogP contribution in [0.25, 0.3) is 0 Å². The molecule has 1 aliphatic rings. The van der Waals surface area contributed by atoms with Crippen LogP contribution < -0.4 is 9.88 Å². The van der Waals surface area contributed by atoms with Gasteiger partial charge in [-0.3, -0.25) is 4.79 Å². The van der Waals surface area contributed by atoms with E-state index in [4.69, 9.17) is 4.74 Å². The van der Waals surface area contributed by atoms with Gasteiger partial charge in [0.1, 0.15) is 0 Å². The molecule has 1 fully saturated rings. The highest BCUT2D eigenvalue weighted by atomic mass is 32.2. The Balaban J connectivity index is 1.64. The molecular weight excluding hydrogens is 390 g/mol. The van der Waals surface area contributed by atoms with Gasteiger partial charge < -0.3 is 10.1 Å². The van der Waals surface area contributed by atoms with E-state index in [-0.39, 0.29) is 16.8 Å². The number of ether oxygens (including phenoxy) is 1. The second-order valence-corrected chi connectivity index (χ2v) is 9.05. The molecule has 1 aliphatic heterocycles. The summed E-state index contributed by atoms with van der Waals surface area (Å²) in [6.45, 7) is 5.48. The third kappa shape index (κ3) is 5.20. The van der Waals surface area contributed by atoms with Crippen LogP contribution in [0.5, 0.6) is 0 Å². The number of aryl methyl sites for hydroxylation is 1. The summed E-state index contributed by atoms with van der Waals surface area (Å²) in [5, 5.41) is 2.85. The van der Waals surface area contributed by atoms with Crippen molar-refractivity contribution in [3.63, 3.8) is 0 Å². The Kier molecular flexibility index (Phi) is 7.00. The van der Waals surface area contributed by atoms with E-state index >= 15 is 0 Å². The predicted octanol–water partition coefficient (Wildman–Crippen LogP) is 2.15. The highest BCUT2D eigenvalue weighted by Crippen LogP contribution is 2.19. The van der Waals surface area contributed by atoms with Crippen molar-refractivity contribution >= 4 is 21.6 Å². The van der Waals surface area contributed by atoms with Crippen molar-refractivity contribution in [3.05, 3.63) is 54.4 Å². The predicted molar refractivity (Wildman–Crippen MR) is 110 cm³/mol. The Morgan fingerprint density at radius 2 is 1.76 bits per heavy atom. The van der Waals surface area contributed by atoms with E-state index in [0.29, 0.717) is 32.0 Å². The lowest BCUT2D eigenvalue weighted by Crippen LogP contribution is -2.44. The monoisotopic (exact) mass is 418 g/mol. The van der Waals surface area contributed by atoms with Gasteiger partial charge in [-0.05, 0) is 36.2 Å². The smallest absolute Gasteiger partial charge is 0.293 e. The normalized spacial score (nSPS) is 16.3. The topological polar surface area (TPSA) is 79.6 Å². The van der Waals surface area contributed by atoms with Crippen LogP contribution in [0, 0.1) is 0 Å². The number of carbonyl (C=O) groups is 1. The van der Waals surface area contributed by atoms with Crippen molar-refractivity contribution in [1.29, 1.82) is 0 Å². The standard InChI is InChI=1S/C21H27N3O4S/c1-3-4-18-9-11-23(12-10-18)17(2)21(25)22-19-5-7-20(8-6-19)29(26,27)24-13-15-28-16-14-24/h5-12,17H,3-4,13-16H2,1-2H3/p+1/t17-/m1/s1. The fourth-order valence-electron chi connectivity index (χ4n) is 3.21. The summed E-state index contributed by atoms with van der Waals surface area (Å²) in [5.74, 6) is -0.165. The maximum absolute atomic E-state index is 12.7. The van der Waals surface area contributed by atoms with Crippen LogP contribution in [0.15, 0.2) is 53.7 Å². The van der Waals surface area contributed by atoms with Crippen LogP contribution in [0.2, 0.25) is 0 Å². The molecule has 0 radical (unpaired) electrons. The molecule has 2 heterocycles. The van der Waals surface area contributed by atoms with E-state index in [9.17, 15) is 13.2 Å². The summed E-state index contributed by atoms with van der Waals surface area (Å²) in [4.78, 5) is 12.8. The Morgan fingerprint density at radius 1 is 1.14 bits per heavy atom. The number of hydrogen-bond donors (Lipinski definition) is 1. The zero-order valence-electron chi connectivity index (χ0n) is 16.9. The molecule has 8 heteroatoms. The summed E-state index contributed by atoms with van der Waals surface area (Å²) in [5.41, 5.74) is 1.81. The number of aromatic nitrogens is 1. The number of sulfonamides is 1. The van der Waals surface area contributed by atoms with E-state index in [1.54, 1.807) is 12.1 Å². The molecular formula is C21H28N3O4S+. The third-order valence-electron chi connectivity index (χ3n) is 5.02. The molecule has 2 aromatic rings. The van der Waals surface area contributed by atoms with Gasteiger partial charge in [0, 0.05) is 37.8 Å². The summed E-state index contributed by atoms with van der Waals surface area (Å²) in [6.07, 6.45) is 5.92. The van der Waals surface area contributed by atoms with Crippen molar-refractivity contribution < 1.29 is 22.5 Å². The number of nitrogens with zero attached hydrogens (tertiary/aromatic N) is 2. The fourth-order valence-corrected chi connectivity index (χ4v) is 4.62. The van der Waals surface area contributed by atoms with Crippen molar-refractivity contribution in [2.24, 2.45) is 0 Å². The number of hydrogen-bond acceptors (Lipinski definition) is 4. The second kappa shape index (κ2) is 9.47. The minimum Gasteiger partial charge on any atom is -0.379 e. The first kappa shape index (κ1) is 21.4. The largest absolute Gasteiger partial charge is 0.379 e. The molecule has 29 heavy (non-hydrogen) atoms. The molecule has 0 spiro atoms. The molecule has 7 nitrogen and oxygen atoms in total. The number of morpholine rings is 1. The Bertz CT molecular complexity index is 921. The van der Waals surface area contributed by atoms with E-state index in [1.807, 2.05) is 36.0 Å². The highest BCUT2D eigenvalue weighted by Gasteiger charge is 2.26. The molecule has 1 amide bonds. The van der Waals surface area contributed by atoms with Crippen molar-refractivity contribution in [3.8, 4) is 0 Å². The molecule has 0 unspecified atom stereocenters. The lowest BCUT2D eigenvalue weighted by Gasteiger charge is -2.26. The van der Waals surface area contributed by atoms with Gasteiger partial charge in [0.25, 0.3) is 5.91 Å². The zero-order chi connectivity index (χ0) is 20.9. The first-order chi connectivity index (χ1) is 13.9. The van der Waals surface area contributed by atoms with Crippen molar-refractivity contribution in [2.45, 2.75) is 37.6 Å². The van der Waals surface area contributed by atoms with Crippen molar-refractivity contribution in [2.75, 3.05) is 31.6 Å². The van der Waals surface area contributed by atoms with Crippen molar-refractivity contribution in [1.82, 2.24) is 4.31 Å². The molecule has 1 aromatic heterocycles. The second-order valence-electron chi connectivity index (χ2n) is 7.11. The average Bonchev–Trinajstić information content (AvgIpc) is 2.75. The van der Waals surface area contributed by atoms with Crippen LogP contribution in [0.3, 0.4) is 0 Å². The summed E-state index contributed by atoms with van der Waals surface area (Å²) in [6, 6.07) is 9.95. The number of nitrogens with one attached hydrogen (secondary N) is 1. The van der Waals surface area contributed by atoms with Gasteiger partial charge in [0.15, 0.2) is 12.4 Å². The van der Waals surface area contributed by atoms with Crippen LogP contribution in [0.1, 0.15) is 31.9 Å². The molecule has 1 atom stereocenters. The number of carbonyl (C=O) groups excluding carboxylic acids is 1. The number of anilines is 1. The van der Waals surface area contributed by atoms with Gasteiger partial charge in [0.05, 0.1) is 18.1 Å². The zero-order valence-corrected chi connectivity index (χ0v) is 17.7. The summed E-state index contributed by atoms with van der Waals surface area (Å²) < 4.78 is 33.8. The molecule has 1 N–H and O–H groups in total. The lowest BCUT2D eigenvalue weighted by molar-refractivity contribution is -0.705. The maximum Gasteiger partial charge on any atom is 0.293 e. The Labute approximate surface area is 172 Å². The summed E-state index contributed by atoms with van der Waals surface area (Å²) >= 11 is 0. The maximum atomic E-state index is 12.7. The third-order valence-corrected chi connectivity index (χ3v) is 6.93. The number of benzene rings is 1. The van der Waals surface area contributed by atoms with Crippen LogP contribution in [-0.4, -0.2) is 44.9 Å². The molecule has 0 saturated carbocycles. The Hall–Kier alpha value is -2.29. The van der Waals surface area contributed by atoms with Crippen LogP contribution in [0.4, 0.5) is 5.69 Å². The van der Waals surface area contributed by atoms with E-state index in [2.05, 4.69) is 12.2 Å². The lowest BCUT2D eigenvalue weighted by atomic mass is 10.1. The van der Waals surface area contributed by atoms with Crippen LogP contribution >= 0.6 is 0 Å². The van der Waals surface area contributed by atoms with Crippen LogP contribution in [-0.2, 0) is 26.0 Å². The molecule has 1 aromatic carbocycles. The molecule has 156 valence electrons. The molecule has 3 rings (SSSR count). The highest BCUT2D eigenvalue weighted by molar-refractivity contribution is 7.89. The number of amides is 1. The molecule has 0 aliphatic carbocycles. The molecule has 1 saturated heterocycles. The van der Waals surface area contributed by atoms with Gasteiger partial charge >= 0.3 is 0 Å². The Morgan fingerprint density at radius 3 is 2.34 bits per heavy atom. The first-order valence-corrected chi connectivity index (χ1v) is 11.3. The van der Waals surface area contributed by atoms with Gasteiger partial charge in [0.2, 0.25) is 16.1 Å². The number of rotatable bonds is 7. The minimum atomic E-state index is -3.54. The SMILES string of the molecule is CCCc1cc[n+]([C@H](C)C(=O)Nc2ccc(S(=O)(=O)N3CCOCC3)cc2)cc1. The number of pyridine rings is 1. The van der Waals surface area contributed by atoms with E-state index < -0.39 is 10.0 Å². The fraction of sp³-hybridized carbons (Fsp3) is 0.429. The van der Waals surface area contributed by atoms with E-state index in [0.717, 1.165) is 12.8 Å². The minimum absolute atomic E-state index is 0.165. The first-order valence-electron chi connectivity index (χ1n) is 9.90. The molecule has 0 bridgehead atoms. The van der Waals surface area contributed by atoms with Gasteiger partial charge in [-0.15, -0.1) is 0 Å². The summed E-state index contributed by atoms with van der Waals surface area (Å²) in [7, 11) is -3.54.